The molecule has 0 aliphatic heterocycles. The Morgan fingerprint density at radius 2 is 0.500 bits per heavy atom. The Kier molecular flexibility index (Phi) is 19.0. The molecule has 12 heteroatoms. The Labute approximate surface area is 181 Å². The van der Waals surface area contributed by atoms with E-state index in [0.29, 0.717) is 34.5 Å². The first-order valence-electron chi connectivity index (χ1n) is 8.10. The van der Waals surface area contributed by atoms with E-state index in [1.807, 2.05) is 0 Å². The second kappa shape index (κ2) is 17.7. The molecule has 0 bridgehead atoms. The van der Waals surface area contributed by atoms with E-state index >= 15 is 0 Å². The molecule has 0 fully saturated rings. The van der Waals surface area contributed by atoms with Crippen molar-refractivity contribution in [2.75, 3.05) is 74.2 Å². The van der Waals surface area contributed by atoms with Crippen LogP contribution in [0.2, 0.25) is 0 Å². The number of hydrogen-bond acceptors (Lipinski definition) is 12. The standard InChI is InChI=1S/C14H30O6S6/c15-1-7-21-13(22-8-2-16,23-9-3-17)14(24-10-4-18,25-11-5-19)26-12-6-20/h15-20H,1-12H2. The number of aliphatic hydroxyl groups excluding tert-OH is 6. The van der Waals surface area contributed by atoms with Crippen molar-refractivity contribution in [3.05, 3.63) is 0 Å². The largest absolute Gasteiger partial charge is 0.396 e. The Balaban J connectivity index is 5.95. The van der Waals surface area contributed by atoms with Crippen molar-refractivity contribution < 1.29 is 30.6 Å². The molecule has 26 heavy (non-hydrogen) atoms. The van der Waals surface area contributed by atoms with Crippen molar-refractivity contribution in [2.24, 2.45) is 0 Å². The van der Waals surface area contributed by atoms with Crippen molar-refractivity contribution in [1.29, 1.82) is 0 Å². The van der Waals surface area contributed by atoms with Gasteiger partial charge in [0.25, 0.3) is 0 Å². The molecule has 0 aliphatic carbocycles. The first kappa shape index (κ1) is 27.9. The third kappa shape index (κ3) is 9.57. The van der Waals surface area contributed by atoms with Crippen LogP contribution in [0.25, 0.3) is 0 Å². The van der Waals surface area contributed by atoms with E-state index in [9.17, 15) is 30.6 Å². The van der Waals surface area contributed by atoms with Gasteiger partial charge in [0.2, 0.25) is 0 Å². The second-order valence-electron chi connectivity index (χ2n) is 4.54. The van der Waals surface area contributed by atoms with Gasteiger partial charge in [0.05, 0.1) is 39.6 Å². The Hall–Kier alpha value is 1.86. The SMILES string of the molecule is OCCSC(SCCO)(SCCO)C(SCCO)(SCCO)SCCO. The van der Waals surface area contributed by atoms with Crippen LogP contribution in [0.4, 0.5) is 0 Å². The molecule has 0 heterocycles. The molecule has 0 aromatic rings. The van der Waals surface area contributed by atoms with E-state index in [-0.39, 0.29) is 39.6 Å². The van der Waals surface area contributed by atoms with E-state index in [0.717, 1.165) is 0 Å². The van der Waals surface area contributed by atoms with Gasteiger partial charge in [0.1, 0.15) is 6.82 Å². The van der Waals surface area contributed by atoms with Gasteiger partial charge in [0.15, 0.2) is 0 Å². The molecule has 0 rings (SSSR count). The highest BCUT2D eigenvalue weighted by molar-refractivity contribution is 8.42. The average Bonchev–Trinajstić information content (AvgIpc) is 2.67. The molecule has 0 aromatic carbocycles. The highest BCUT2D eigenvalue weighted by Crippen LogP contribution is 2.67. The van der Waals surface area contributed by atoms with Crippen LogP contribution in [0, 0.1) is 0 Å². The van der Waals surface area contributed by atoms with Crippen LogP contribution in [0.3, 0.4) is 0 Å². The van der Waals surface area contributed by atoms with Crippen molar-refractivity contribution in [3.63, 3.8) is 0 Å². The minimum Gasteiger partial charge on any atom is -0.396 e. The molecule has 0 atom stereocenters. The summed E-state index contributed by atoms with van der Waals surface area (Å²) in [5.41, 5.74) is 0. The smallest absolute Gasteiger partial charge is 0.140 e. The average molecular weight is 487 g/mol. The topological polar surface area (TPSA) is 121 Å². The first-order valence-corrected chi connectivity index (χ1v) is 14.0. The quantitative estimate of drug-likeness (QED) is 0.144. The van der Waals surface area contributed by atoms with E-state index in [2.05, 4.69) is 0 Å². The maximum atomic E-state index is 9.40. The Morgan fingerprint density at radius 3 is 0.615 bits per heavy atom. The summed E-state index contributed by atoms with van der Waals surface area (Å²) in [4.78, 5) is 0. The molecule has 0 unspecified atom stereocenters. The fourth-order valence-electron chi connectivity index (χ4n) is 1.86. The Morgan fingerprint density at radius 1 is 0.346 bits per heavy atom. The van der Waals surface area contributed by atoms with E-state index in [4.69, 9.17) is 0 Å². The minimum absolute atomic E-state index is 0.00185. The van der Waals surface area contributed by atoms with Crippen molar-refractivity contribution >= 4 is 70.6 Å². The molecule has 0 saturated carbocycles. The van der Waals surface area contributed by atoms with Crippen LogP contribution in [-0.2, 0) is 0 Å². The molecule has 6 N–H and O–H groups in total. The monoisotopic (exact) mass is 486 g/mol. The second-order valence-corrected chi connectivity index (χ2v) is 14.0. The lowest BCUT2D eigenvalue weighted by molar-refractivity contribution is 0.320. The van der Waals surface area contributed by atoms with Gasteiger partial charge in [-0.3, -0.25) is 0 Å². The van der Waals surface area contributed by atoms with Crippen LogP contribution in [0.1, 0.15) is 0 Å². The van der Waals surface area contributed by atoms with Crippen LogP contribution in [-0.4, -0.2) is 112 Å². The zero-order chi connectivity index (χ0) is 19.7. The molecular formula is C14H30O6S6. The predicted octanol–water partition coefficient (Wildman–Crippen LogP) is 0.647. The molecule has 0 aliphatic rings. The summed E-state index contributed by atoms with van der Waals surface area (Å²) in [6.07, 6.45) is 0. The zero-order valence-electron chi connectivity index (χ0n) is 14.6. The number of hydrogen-bond donors (Lipinski definition) is 6. The molecular weight excluding hydrogens is 457 g/mol. The summed E-state index contributed by atoms with van der Waals surface area (Å²) in [7, 11) is 0. The van der Waals surface area contributed by atoms with Crippen LogP contribution in [0.5, 0.6) is 0 Å². The van der Waals surface area contributed by atoms with Crippen LogP contribution >= 0.6 is 70.6 Å². The third-order valence-corrected chi connectivity index (χ3v) is 14.5. The van der Waals surface area contributed by atoms with E-state index in [1.165, 1.54) is 0 Å². The minimum atomic E-state index is -0.555. The predicted molar refractivity (Wildman–Crippen MR) is 123 cm³/mol. The fraction of sp³-hybridized carbons (Fsp3) is 1.00. The van der Waals surface area contributed by atoms with Gasteiger partial charge in [0, 0.05) is 34.5 Å². The van der Waals surface area contributed by atoms with Gasteiger partial charge in [-0.05, 0) is 0 Å². The molecule has 158 valence electrons. The zero-order valence-corrected chi connectivity index (χ0v) is 19.5. The van der Waals surface area contributed by atoms with Crippen LogP contribution < -0.4 is 0 Å². The summed E-state index contributed by atoms with van der Waals surface area (Å²) < 4.78 is -1.11. The maximum Gasteiger partial charge on any atom is 0.140 e. The summed E-state index contributed by atoms with van der Waals surface area (Å²) in [6.45, 7) is 0.0111. The molecule has 0 amide bonds. The van der Waals surface area contributed by atoms with Gasteiger partial charge in [-0.25, -0.2) is 0 Å². The van der Waals surface area contributed by atoms with E-state index in [1.54, 1.807) is 70.6 Å². The lowest BCUT2D eigenvalue weighted by Gasteiger charge is -2.48. The highest BCUT2D eigenvalue weighted by atomic mass is 32.3. The summed E-state index contributed by atoms with van der Waals surface area (Å²) in [6, 6.07) is 0. The van der Waals surface area contributed by atoms with Crippen molar-refractivity contribution in [3.8, 4) is 0 Å². The van der Waals surface area contributed by atoms with Gasteiger partial charge < -0.3 is 30.6 Å². The fourth-order valence-corrected chi connectivity index (χ4v) is 13.3. The first-order chi connectivity index (χ1) is 12.6. The summed E-state index contributed by atoms with van der Waals surface area (Å²) >= 11 is 9.32. The lowest BCUT2D eigenvalue weighted by Crippen LogP contribution is -2.42. The molecule has 0 saturated heterocycles. The van der Waals surface area contributed by atoms with Crippen molar-refractivity contribution in [1.82, 2.24) is 0 Å². The van der Waals surface area contributed by atoms with Crippen molar-refractivity contribution in [2.45, 2.75) is 6.82 Å². The van der Waals surface area contributed by atoms with Crippen LogP contribution in [0.15, 0.2) is 0 Å². The summed E-state index contributed by atoms with van der Waals surface area (Å²) in [5.74, 6) is 2.90. The number of thioether (sulfide) groups is 6. The maximum absolute atomic E-state index is 9.40. The Bertz CT molecular complexity index is 255. The normalized spacial score (nSPS) is 12.7. The lowest BCUT2D eigenvalue weighted by atomic mass is 10.8. The summed E-state index contributed by atoms with van der Waals surface area (Å²) in [5, 5.41) is 56.4. The molecule has 0 aromatic heterocycles. The van der Waals surface area contributed by atoms with Gasteiger partial charge >= 0.3 is 0 Å². The van der Waals surface area contributed by atoms with Gasteiger partial charge in [-0.1, -0.05) is 0 Å². The number of aliphatic hydroxyl groups is 6. The van der Waals surface area contributed by atoms with Gasteiger partial charge in [-0.15, -0.1) is 70.6 Å². The number of rotatable bonds is 19. The molecule has 0 spiro atoms. The molecule has 6 nitrogen and oxygen atoms in total. The van der Waals surface area contributed by atoms with E-state index < -0.39 is 6.82 Å². The highest BCUT2D eigenvalue weighted by Gasteiger charge is 2.54. The molecule has 0 radical (unpaired) electrons. The van der Waals surface area contributed by atoms with Gasteiger partial charge in [-0.2, -0.15) is 0 Å². The third-order valence-electron chi connectivity index (χ3n) is 2.68.